The van der Waals surface area contributed by atoms with E-state index in [0.29, 0.717) is 43.2 Å². The predicted octanol–water partition coefficient (Wildman–Crippen LogP) is 1.54. The molecular weight excluding hydrogens is 408 g/mol. The highest BCUT2D eigenvalue weighted by atomic mass is 32.2. The van der Waals surface area contributed by atoms with Crippen molar-refractivity contribution >= 4 is 15.9 Å². The van der Waals surface area contributed by atoms with Crippen molar-refractivity contribution in [2.24, 2.45) is 7.05 Å². The van der Waals surface area contributed by atoms with Gasteiger partial charge in [0.2, 0.25) is 0 Å². The Hall–Kier alpha value is -2.92. The first-order chi connectivity index (χ1) is 14.3. The van der Waals surface area contributed by atoms with E-state index in [0.717, 1.165) is 5.69 Å². The average molecular weight is 433 g/mol. The van der Waals surface area contributed by atoms with Crippen molar-refractivity contribution in [3.05, 3.63) is 53.6 Å². The Bertz CT molecular complexity index is 1100. The summed E-state index contributed by atoms with van der Waals surface area (Å²) in [6.07, 6.45) is 4.37. The van der Waals surface area contributed by atoms with Gasteiger partial charge >= 0.3 is 0 Å². The number of aromatic nitrogens is 4. The molecule has 0 radical (unpaired) electrons. The molecule has 0 unspecified atom stereocenters. The van der Waals surface area contributed by atoms with E-state index in [1.807, 2.05) is 0 Å². The van der Waals surface area contributed by atoms with Crippen LogP contribution in [-0.2, 0) is 23.6 Å². The SMILES string of the molecule is Cc1nc(S(=O)(=O)N2CCC(c3cc(C(=O)NCc4ccco4)n[nH]3)CC2)cn1C. The number of carbonyl (C=O) groups excluding carboxylic acids is 1. The van der Waals surface area contributed by atoms with Crippen molar-refractivity contribution < 1.29 is 17.6 Å². The lowest BCUT2D eigenvalue weighted by molar-refractivity contribution is 0.0943. The summed E-state index contributed by atoms with van der Waals surface area (Å²) >= 11 is 0. The molecule has 10 nitrogen and oxygen atoms in total. The molecule has 1 aliphatic heterocycles. The first-order valence-corrected chi connectivity index (χ1v) is 11.1. The number of H-pyrrole nitrogens is 1. The molecule has 2 N–H and O–H groups in total. The minimum Gasteiger partial charge on any atom is -0.467 e. The Morgan fingerprint density at radius 3 is 2.77 bits per heavy atom. The summed E-state index contributed by atoms with van der Waals surface area (Å²) in [6, 6.07) is 5.27. The van der Waals surface area contributed by atoms with Gasteiger partial charge in [0.25, 0.3) is 15.9 Å². The number of piperidine rings is 1. The fraction of sp³-hybridized carbons (Fsp3) is 0.421. The molecule has 0 aliphatic carbocycles. The molecule has 0 spiro atoms. The monoisotopic (exact) mass is 432 g/mol. The zero-order valence-electron chi connectivity index (χ0n) is 16.8. The zero-order chi connectivity index (χ0) is 21.3. The Labute approximate surface area is 174 Å². The number of nitrogens with one attached hydrogen (secondary N) is 2. The van der Waals surface area contributed by atoms with E-state index in [2.05, 4.69) is 20.5 Å². The van der Waals surface area contributed by atoms with E-state index in [1.54, 1.807) is 49.2 Å². The normalized spacial score (nSPS) is 16.1. The maximum Gasteiger partial charge on any atom is 0.272 e. The Morgan fingerprint density at radius 1 is 1.37 bits per heavy atom. The molecule has 1 aliphatic rings. The third-order valence-corrected chi connectivity index (χ3v) is 7.19. The standard InChI is InChI=1S/C19H24N6O4S/c1-13-21-18(12-24(13)2)30(27,28)25-7-5-14(6-8-25)16-10-17(23-22-16)19(26)20-11-15-4-3-9-29-15/h3-4,9-10,12,14H,5-8,11H2,1-2H3,(H,20,26)(H,22,23). The number of hydrogen-bond acceptors (Lipinski definition) is 6. The van der Waals surface area contributed by atoms with Gasteiger partial charge in [0.15, 0.2) is 5.03 Å². The first kappa shape index (κ1) is 20.4. The van der Waals surface area contributed by atoms with Gasteiger partial charge in [-0.3, -0.25) is 9.89 Å². The number of amides is 1. The van der Waals surface area contributed by atoms with Gasteiger partial charge in [0.1, 0.15) is 17.3 Å². The number of rotatable bonds is 6. The highest BCUT2D eigenvalue weighted by Gasteiger charge is 2.32. The average Bonchev–Trinajstić information content (AvgIpc) is 3.49. The quantitative estimate of drug-likeness (QED) is 0.608. The number of aryl methyl sites for hydroxylation is 2. The van der Waals surface area contributed by atoms with E-state index in [9.17, 15) is 13.2 Å². The van der Waals surface area contributed by atoms with Crippen molar-refractivity contribution in [2.45, 2.75) is 37.3 Å². The van der Waals surface area contributed by atoms with Crippen LogP contribution in [-0.4, -0.2) is 51.5 Å². The molecule has 3 aromatic heterocycles. The van der Waals surface area contributed by atoms with Gasteiger partial charge in [-0.05, 0) is 38.0 Å². The summed E-state index contributed by atoms with van der Waals surface area (Å²) in [6.45, 7) is 2.84. The number of sulfonamides is 1. The summed E-state index contributed by atoms with van der Waals surface area (Å²) in [5, 5.41) is 9.87. The van der Waals surface area contributed by atoms with Crippen LogP contribution in [0.5, 0.6) is 0 Å². The van der Waals surface area contributed by atoms with Crippen molar-refractivity contribution in [2.75, 3.05) is 13.1 Å². The smallest absolute Gasteiger partial charge is 0.272 e. The lowest BCUT2D eigenvalue weighted by atomic mass is 9.94. The van der Waals surface area contributed by atoms with Gasteiger partial charge in [-0.25, -0.2) is 13.4 Å². The molecule has 1 saturated heterocycles. The lowest BCUT2D eigenvalue weighted by Crippen LogP contribution is -2.38. The van der Waals surface area contributed by atoms with Gasteiger partial charge in [-0.15, -0.1) is 0 Å². The van der Waals surface area contributed by atoms with Crippen LogP contribution < -0.4 is 5.32 Å². The molecule has 0 bridgehead atoms. The third-order valence-electron chi connectivity index (χ3n) is 5.42. The summed E-state index contributed by atoms with van der Waals surface area (Å²) in [4.78, 5) is 16.4. The van der Waals surface area contributed by atoms with Crippen LogP contribution in [0.1, 0.15) is 46.5 Å². The largest absolute Gasteiger partial charge is 0.467 e. The molecule has 4 rings (SSSR count). The Balaban J connectivity index is 1.36. The van der Waals surface area contributed by atoms with Gasteiger partial charge in [-0.1, -0.05) is 0 Å². The van der Waals surface area contributed by atoms with Crippen LogP contribution in [0.25, 0.3) is 0 Å². The highest BCUT2D eigenvalue weighted by molar-refractivity contribution is 7.89. The molecule has 0 aromatic carbocycles. The maximum atomic E-state index is 12.8. The summed E-state index contributed by atoms with van der Waals surface area (Å²) in [5.41, 5.74) is 1.14. The highest BCUT2D eigenvalue weighted by Crippen LogP contribution is 2.29. The van der Waals surface area contributed by atoms with Crippen molar-refractivity contribution in [1.82, 2.24) is 29.4 Å². The number of aromatic amines is 1. The molecular formula is C19H24N6O4S. The Kier molecular flexibility index (Phi) is 5.48. The third kappa shape index (κ3) is 4.03. The molecule has 0 saturated carbocycles. The second kappa shape index (κ2) is 8.07. The Morgan fingerprint density at radius 2 is 2.13 bits per heavy atom. The summed E-state index contributed by atoms with van der Waals surface area (Å²) in [7, 11) is -1.83. The molecule has 1 fully saturated rings. The van der Waals surface area contributed by atoms with Crippen LogP contribution in [0.3, 0.4) is 0 Å². The van der Waals surface area contributed by atoms with E-state index in [-0.39, 0.29) is 23.4 Å². The first-order valence-electron chi connectivity index (χ1n) is 9.70. The number of hydrogen-bond donors (Lipinski definition) is 2. The minimum absolute atomic E-state index is 0.0815. The van der Waals surface area contributed by atoms with E-state index < -0.39 is 10.0 Å². The van der Waals surface area contributed by atoms with Gasteiger partial charge in [0.05, 0.1) is 12.8 Å². The van der Waals surface area contributed by atoms with Crippen LogP contribution in [0, 0.1) is 6.92 Å². The number of nitrogens with zero attached hydrogens (tertiary/aromatic N) is 4. The molecule has 0 atom stereocenters. The topological polar surface area (TPSA) is 126 Å². The predicted molar refractivity (Wildman–Crippen MR) is 107 cm³/mol. The zero-order valence-corrected chi connectivity index (χ0v) is 17.6. The molecule has 1 amide bonds. The van der Waals surface area contributed by atoms with Crippen LogP contribution in [0.15, 0.2) is 40.1 Å². The van der Waals surface area contributed by atoms with E-state index in [4.69, 9.17) is 4.42 Å². The van der Waals surface area contributed by atoms with Gasteiger partial charge < -0.3 is 14.3 Å². The van der Waals surface area contributed by atoms with Crippen LogP contribution >= 0.6 is 0 Å². The molecule has 11 heteroatoms. The van der Waals surface area contributed by atoms with E-state index >= 15 is 0 Å². The fourth-order valence-corrected chi connectivity index (χ4v) is 5.02. The second-order valence-electron chi connectivity index (χ2n) is 7.39. The molecule has 4 heterocycles. The second-order valence-corrected chi connectivity index (χ2v) is 9.27. The van der Waals surface area contributed by atoms with Crippen molar-refractivity contribution in [3.8, 4) is 0 Å². The van der Waals surface area contributed by atoms with Crippen LogP contribution in [0.4, 0.5) is 0 Å². The van der Waals surface area contributed by atoms with Crippen molar-refractivity contribution in [3.63, 3.8) is 0 Å². The fourth-order valence-electron chi connectivity index (χ4n) is 3.52. The van der Waals surface area contributed by atoms with Crippen LogP contribution in [0.2, 0.25) is 0 Å². The summed E-state index contributed by atoms with van der Waals surface area (Å²) in [5.74, 6) is 1.13. The maximum absolute atomic E-state index is 12.8. The van der Waals surface area contributed by atoms with Gasteiger partial charge in [-0.2, -0.15) is 9.40 Å². The molecule has 160 valence electrons. The van der Waals surface area contributed by atoms with Crippen molar-refractivity contribution in [1.29, 1.82) is 0 Å². The summed E-state index contributed by atoms with van der Waals surface area (Å²) < 4.78 is 34.0. The lowest BCUT2D eigenvalue weighted by Gasteiger charge is -2.30. The molecule has 30 heavy (non-hydrogen) atoms. The number of imidazole rings is 1. The van der Waals surface area contributed by atoms with Gasteiger partial charge in [0, 0.05) is 37.9 Å². The minimum atomic E-state index is -3.60. The molecule has 3 aromatic rings. The van der Waals surface area contributed by atoms with E-state index in [1.165, 1.54) is 4.31 Å². The number of carbonyl (C=O) groups is 1. The number of furan rings is 1.